The number of rotatable bonds is 4. The molecule has 2 aromatic rings. The van der Waals surface area contributed by atoms with Gasteiger partial charge >= 0.3 is 5.97 Å². The molecule has 0 saturated carbocycles. The van der Waals surface area contributed by atoms with Gasteiger partial charge in [0, 0.05) is 9.26 Å². The van der Waals surface area contributed by atoms with Crippen LogP contribution in [0.5, 0.6) is 0 Å². The van der Waals surface area contributed by atoms with Gasteiger partial charge in [-0.1, -0.05) is 12.1 Å². The average molecular weight is 368 g/mol. The van der Waals surface area contributed by atoms with E-state index in [1.165, 1.54) is 15.2 Å². The summed E-state index contributed by atoms with van der Waals surface area (Å²) in [5, 5.41) is 12.1. The molecular formula is C14H13IN2O2. The van der Waals surface area contributed by atoms with Gasteiger partial charge in [-0.05, 0) is 59.3 Å². The molecule has 0 radical (unpaired) electrons. The highest BCUT2D eigenvalue weighted by molar-refractivity contribution is 14.1. The maximum atomic E-state index is 10.8. The van der Waals surface area contributed by atoms with Crippen LogP contribution in [0.15, 0.2) is 36.4 Å². The minimum Gasteiger partial charge on any atom is -0.477 e. The topological polar surface area (TPSA) is 62.2 Å². The fraction of sp³-hybridized carbons (Fsp3) is 0.143. The van der Waals surface area contributed by atoms with Crippen LogP contribution in [0, 0.1) is 10.5 Å². The Morgan fingerprint density at radius 2 is 2.16 bits per heavy atom. The first-order valence-electron chi connectivity index (χ1n) is 5.75. The van der Waals surface area contributed by atoms with Crippen molar-refractivity contribution in [3.8, 4) is 0 Å². The van der Waals surface area contributed by atoms with E-state index in [4.69, 9.17) is 5.11 Å². The van der Waals surface area contributed by atoms with Gasteiger partial charge in [-0.2, -0.15) is 0 Å². The van der Waals surface area contributed by atoms with Crippen LogP contribution in [-0.2, 0) is 6.54 Å². The summed E-state index contributed by atoms with van der Waals surface area (Å²) >= 11 is 2.28. The Bertz CT molecular complexity index is 614. The van der Waals surface area contributed by atoms with Crippen molar-refractivity contribution in [1.82, 2.24) is 4.98 Å². The van der Waals surface area contributed by atoms with Crippen LogP contribution in [0.1, 0.15) is 21.7 Å². The van der Waals surface area contributed by atoms with E-state index in [0.717, 1.165) is 5.69 Å². The summed E-state index contributed by atoms with van der Waals surface area (Å²) in [5.74, 6) is -1.01. The van der Waals surface area contributed by atoms with Crippen molar-refractivity contribution in [2.45, 2.75) is 13.5 Å². The van der Waals surface area contributed by atoms with E-state index in [1.807, 2.05) is 12.1 Å². The summed E-state index contributed by atoms with van der Waals surface area (Å²) < 4.78 is 1.19. The molecule has 98 valence electrons. The van der Waals surface area contributed by atoms with Crippen LogP contribution in [0.25, 0.3) is 0 Å². The largest absolute Gasteiger partial charge is 0.477 e. The third-order valence-corrected chi connectivity index (χ3v) is 3.83. The Hall–Kier alpha value is -1.63. The van der Waals surface area contributed by atoms with Crippen molar-refractivity contribution >= 4 is 34.2 Å². The molecule has 0 aliphatic rings. The molecule has 0 unspecified atom stereocenters. The number of carboxylic acids is 1. The van der Waals surface area contributed by atoms with Crippen LogP contribution in [0.4, 0.5) is 5.69 Å². The van der Waals surface area contributed by atoms with E-state index < -0.39 is 5.97 Å². The number of aromatic nitrogens is 1. The van der Waals surface area contributed by atoms with E-state index in [9.17, 15) is 4.79 Å². The van der Waals surface area contributed by atoms with E-state index in [1.54, 1.807) is 12.1 Å². The first-order valence-corrected chi connectivity index (χ1v) is 6.83. The summed E-state index contributed by atoms with van der Waals surface area (Å²) in [4.78, 5) is 14.9. The summed E-state index contributed by atoms with van der Waals surface area (Å²) in [7, 11) is 0. The lowest BCUT2D eigenvalue weighted by Gasteiger charge is -2.08. The molecule has 2 rings (SSSR count). The molecule has 1 heterocycles. The number of hydrogen-bond acceptors (Lipinski definition) is 3. The monoisotopic (exact) mass is 368 g/mol. The van der Waals surface area contributed by atoms with Crippen molar-refractivity contribution < 1.29 is 9.90 Å². The second-order valence-corrected chi connectivity index (χ2v) is 5.30. The average Bonchev–Trinajstić information content (AvgIpc) is 2.40. The van der Waals surface area contributed by atoms with Crippen molar-refractivity contribution in [3.05, 3.63) is 56.9 Å². The molecule has 1 aromatic carbocycles. The van der Waals surface area contributed by atoms with E-state index >= 15 is 0 Å². The SMILES string of the molecule is Cc1ccc(NCc2cccc(C(=O)O)n2)cc1I. The van der Waals surface area contributed by atoms with Gasteiger partial charge in [0.25, 0.3) is 0 Å². The maximum absolute atomic E-state index is 10.8. The van der Waals surface area contributed by atoms with E-state index in [-0.39, 0.29) is 5.69 Å². The van der Waals surface area contributed by atoms with Crippen LogP contribution < -0.4 is 5.32 Å². The van der Waals surface area contributed by atoms with Crippen molar-refractivity contribution in [1.29, 1.82) is 0 Å². The molecule has 0 bridgehead atoms. The highest BCUT2D eigenvalue weighted by Gasteiger charge is 2.05. The molecule has 0 aliphatic carbocycles. The molecule has 1 aromatic heterocycles. The second kappa shape index (κ2) is 6.01. The number of carbonyl (C=O) groups is 1. The quantitative estimate of drug-likeness (QED) is 0.813. The minimum absolute atomic E-state index is 0.0674. The van der Waals surface area contributed by atoms with Crippen LogP contribution in [0.3, 0.4) is 0 Å². The summed E-state index contributed by atoms with van der Waals surface area (Å²) in [6.07, 6.45) is 0. The standard InChI is InChI=1S/C14H13IN2O2/c1-9-5-6-10(7-12(9)15)16-8-11-3-2-4-13(17-11)14(18)19/h2-7,16H,8H2,1H3,(H,18,19). The maximum Gasteiger partial charge on any atom is 0.354 e. The molecule has 0 fully saturated rings. The van der Waals surface area contributed by atoms with Crippen molar-refractivity contribution in [3.63, 3.8) is 0 Å². The highest BCUT2D eigenvalue weighted by Crippen LogP contribution is 2.17. The Morgan fingerprint density at radius 1 is 1.37 bits per heavy atom. The van der Waals surface area contributed by atoms with Gasteiger partial charge < -0.3 is 10.4 Å². The number of nitrogens with one attached hydrogen (secondary N) is 1. The molecule has 2 N–H and O–H groups in total. The number of nitrogens with zero attached hydrogens (tertiary/aromatic N) is 1. The zero-order valence-electron chi connectivity index (χ0n) is 10.4. The predicted molar refractivity (Wildman–Crippen MR) is 82.4 cm³/mol. The lowest BCUT2D eigenvalue weighted by atomic mass is 10.2. The number of aromatic carboxylic acids is 1. The number of carboxylic acid groups (broad SMARTS) is 1. The van der Waals surface area contributed by atoms with Crippen molar-refractivity contribution in [2.75, 3.05) is 5.32 Å². The summed E-state index contributed by atoms with van der Waals surface area (Å²) in [6, 6.07) is 11.1. The number of anilines is 1. The van der Waals surface area contributed by atoms with Gasteiger partial charge in [0.15, 0.2) is 0 Å². The number of halogens is 1. The summed E-state index contributed by atoms with van der Waals surface area (Å²) in [5.41, 5.74) is 3.00. The van der Waals surface area contributed by atoms with Gasteiger partial charge in [0.2, 0.25) is 0 Å². The van der Waals surface area contributed by atoms with E-state index in [2.05, 4.69) is 45.9 Å². The zero-order chi connectivity index (χ0) is 13.8. The van der Waals surface area contributed by atoms with E-state index in [0.29, 0.717) is 12.2 Å². The van der Waals surface area contributed by atoms with Gasteiger partial charge in [-0.25, -0.2) is 9.78 Å². The molecule has 19 heavy (non-hydrogen) atoms. The van der Waals surface area contributed by atoms with Gasteiger partial charge in [-0.15, -0.1) is 0 Å². The van der Waals surface area contributed by atoms with Crippen LogP contribution in [0.2, 0.25) is 0 Å². The Balaban J connectivity index is 2.07. The molecular weight excluding hydrogens is 355 g/mol. The zero-order valence-corrected chi connectivity index (χ0v) is 12.5. The first-order chi connectivity index (χ1) is 9.06. The molecule has 0 amide bonds. The minimum atomic E-state index is -1.01. The number of hydrogen-bond donors (Lipinski definition) is 2. The lowest BCUT2D eigenvalue weighted by molar-refractivity contribution is 0.0690. The third kappa shape index (κ3) is 3.66. The smallest absolute Gasteiger partial charge is 0.354 e. The molecule has 0 spiro atoms. The number of pyridine rings is 1. The molecule has 0 atom stereocenters. The molecule has 5 heteroatoms. The lowest BCUT2D eigenvalue weighted by Crippen LogP contribution is -2.06. The number of benzene rings is 1. The second-order valence-electron chi connectivity index (χ2n) is 4.14. The molecule has 4 nitrogen and oxygen atoms in total. The van der Waals surface area contributed by atoms with Gasteiger partial charge in [0.05, 0.1) is 12.2 Å². The van der Waals surface area contributed by atoms with Crippen LogP contribution >= 0.6 is 22.6 Å². The third-order valence-electron chi connectivity index (χ3n) is 2.67. The van der Waals surface area contributed by atoms with Crippen molar-refractivity contribution in [2.24, 2.45) is 0 Å². The molecule has 0 saturated heterocycles. The number of aryl methyl sites for hydroxylation is 1. The Morgan fingerprint density at radius 3 is 2.84 bits per heavy atom. The fourth-order valence-electron chi connectivity index (χ4n) is 1.59. The predicted octanol–water partition coefficient (Wildman–Crippen LogP) is 3.30. The normalized spacial score (nSPS) is 10.2. The highest BCUT2D eigenvalue weighted by atomic mass is 127. The molecule has 0 aliphatic heterocycles. The van der Waals surface area contributed by atoms with Gasteiger partial charge in [0.1, 0.15) is 5.69 Å². The fourth-order valence-corrected chi connectivity index (χ4v) is 2.11. The first kappa shape index (κ1) is 13.8. The van der Waals surface area contributed by atoms with Crippen LogP contribution in [-0.4, -0.2) is 16.1 Å². The Kier molecular flexibility index (Phi) is 4.36. The van der Waals surface area contributed by atoms with Gasteiger partial charge in [-0.3, -0.25) is 0 Å². The summed E-state index contributed by atoms with van der Waals surface area (Å²) in [6.45, 7) is 2.56. The Labute approximate surface area is 125 Å².